The monoisotopic (exact) mass is 464 g/mol. The maximum Gasteiger partial charge on any atom is 0.328 e. The summed E-state index contributed by atoms with van der Waals surface area (Å²) >= 11 is 6.25. The topological polar surface area (TPSA) is 107 Å². The molecule has 0 aliphatic rings. The van der Waals surface area contributed by atoms with E-state index in [-0.39, 0.29) is 17.4 Å². The van der Waals surface area contributed by atoms with Crippen LogP contribution in [0.25, 0.3) is 0 Å². The molecule has 32 heavy (non-hydrogen) atoms. The lowest BCUT2D eigenvalue weighted by Crippen LogP contribution is -2.45. The van der Waals surface area contributed by atoms with Crippen molar-refractivity contribution in [2.45, 2.75) is 52.9 Å². The quantitative estimate of drug-likeness (QED) is 0.541. The summed E-state index contributed by atoms with van der Waals surface area (Å²) in [7, 11) is 1.36. The molecule has 0 spiro atoms. The van der Waals surface area contributed by atoms with Crippen LogP contribution in [0.4, 0.5) is 0 Å². The Hall–Kier alpha value is -3.00. The number of hydrogen-bond donors (Lipinski definition) is 2. The summed E-state index contributed by atoms with van der Waals surface area (Å²) in [6, 6.07) is 5.86. The highest BCUT2D eigenvalue weighted by Crippen LogP contribution is 2.29. The first-order valence-electron chi connectivity index (χ1n) is 10.2. The predicted molar refractivity (Wildman–Crippen MR) is 120 cm³/mol. The summed E-state index contributed by atoms with van der Waals surface area (Å²) in [6.45, 7) is 8.99. The van der Waals surface area contributed by atoms with Crippen LogP contribution in [-0.4, -0.2) is 47.3 Å². The van der Waals surface area contributed by atoms with E-state index in [1.54, 1.807) is 19.1 Å². The maximum absolute atomic E-state index is 12.7. The van der Waals surface area contributed by atoms with Crippen molar-refractivity contribution >= 4 is 23.5 Å². The summed E-state index contributed by atoms with van der Waals surface area (Å²) in [5, 5.41) is 13.0. The molecule has 1 aromatic carbocycles. The summed E-state index contributed by atoms with van der Waals surface area (Å²) in [5.74, 6) is -1.27. The van der Waals surface area contributed by atoms with Crippen LogP contribution in [0, 0.1) is 12.8 Å². The number of halogens is 1. The number of hydrogen-bond acceptors (Lipinski definition) is 7. The van der Waals surface area contributed by atoms with Gasteiger partial charge in [0.25, 0.3) is 5.91 Å². The molecule has 174 valence electrons. The minimum Gasteiger partial charge on any atom is -0.503 e. The highest BCUT2D eigenvalue weighted by Gasteiger charge is 2.30. The van der Waals surface area contributed by atoms with Gasteiger partial charge in [-0.2, -0.15) is 0 Å². The third-order valence-corrected chi connectivity index (χ3v) is 5.09. The summed E-state index contributed by atoms with van der Waals surface area (Å²) in [6.07, 6.45) is 0.231. The van der Waals surface area contributed by atoms with Gasteiger partial charge in [0.1, 0.15) is 24.0 Å². The fourth-order valence-corrected chi connectivity index (χ4v) is 3.35. The summed E-state index contributed by atoms with van der Waals surface area (Å²) in [4.78, 5) is 29.0. The van der Waals surface area contributed by atoms with Gasteiger partial charge >= 0.3 is 5.97 Å². The number of esters is 1. The lowest BCUT2D eigenvalue weighted by atomic mass is 10.0. The molecule has 9 heteroatoms. The molecule has 0 saturated heterocycles. The number of amides is 1. The maximum atomic E-state index is 12.7. The Bertz CT molecular complexity index is 965. The lowest BCUT2D eigenvalue weighted by molar-refractivity contribution is -0.158. The van der Waals surface area contributed by atoms with E-state index in [1.165, 1.54) is 26.3 Å². The van der Waals surface area contributed by atoms with E-state index in [2.05, 4.69) is 10.3 Å². The fourth-order valence-electron chi connectivity index (χ4n) is 3.07. The average molecular weight is 465 g/mol. The molecular weight excluding hydrogens is 436 g/mol. The first kappa shape index (κ1) is 25.3. The molecule has 1 amide bonds. The second-order valence-electron chi connectivity index (χ2n) is 7.81. The zero-order valence-electron chi connectivity index (χ0n) is 19.0. The van der Waals surface area contributed by atoms with Gasteiger partial charge in [0.15, 0.2) is 17.2 Å². The molecule has 2 N–H and O–H groups in total. The van der Waals surface area contributed by atoms with Gasteiger partial charge in [-0.05, 0) is 44.4 Å². The van der Waals surface area contributed by atoms with Crippen molar-refractivity contribution in [1.29, 1.82) is 0 Å². The molecule has 0 bridgehead atoms. The lowest BCUT2D eigenvalue weighted by Gasteiger charge is -2.29. The van der Waals surface area contributed by atoms with Gasteiger partial charge < -0.3 is 24.6 Å². The van der Waals surface area contributed by atoms with Gasteiger partial charge in [0.2, 0.25) is 0 Å². The summed E-state index contributed by atoms with van der Waals surface area (Å²) in [5.41, 5.74) is 0.748. The van der Waals surface area contributed by atoms with E-state index in [0.717, 1.165) is 5.56 Å². The number of aryl methyl sites for hydroxylation is 1. The van der Waals surface area contributed by atoms with Crippen LogP contribution in [0.3, 0.4) is 0 Å². The van der Waals surface area contributed by atoms with Crippen molar-refractivity contribution in [2.75, 3.05) is 7.11 Å². The Morgan fingerprint density at radius 3 is 2.41 bits per heavy atom. The number of nitrogens with zero attached hydrogens (tertiary/aromatic N) is 1. The van der Waals surface area contributed by atoms with Crippen molar-refractivity contribution < 1.29 is 28.9 Å². The van der Waals surface area contributed by atoms with E-state index in [9.17, 15) is 14.7 Å². The number of aromatic nitrogens is 1. The van der Waals surface area contributed by atoms with Gasteiger partial charge in [-0.1, -0.05) is 31.5 Å². The van der Waals surface area contributed by atoms with Crippen LogP contribution < -0.4 is 14.8 Å². The molecule has 1 heterocycles. The van der Waals surface area contributed by atoms with Crippen molar-refractivity contribution in [3.8, 4) is 17.2 Å². The highest BCUT2D eigenvalue weighted by atomic mass is 35.5. The largest absolute Gasteiger partial charge is 0.503 e. The molecule has 8 nitrogen and oxygen atoms in total. The molecule has 1 aromatic heterocycles. The highest BCUT2D eigenvalue weighted by molar-refractivity contribution is 6.32. The zero-order chi connectivity index (χ0) is 24.0. The normalized spacial score (nSPS) is 13.8. The molecule has 0 unspecified atom stereocenters. The average Bonchev–Trinajstić information content (AvgIpc) is 2.73. The molecular formula is C23H29ClN2O6. The van der Waals surface area contributed by atoms with E-state index in [0.29, 0.717) is 10.8 Å². The second-order valence-corrected chi connectivity index (χ2v) is 8.22. The Morgan fingerprint density at radius 1 is 1.12 bits per heavy atom. The molecule has 3 atom stereocenters. The van der Waals surface area contributed by atoms with Crippen molar-refractivity contribution in [3.63, 3.8) is 0 Å². The van der Waals surface area contributed by atoms with E-state index in [4.69, 9.17) is 25.8 Å². The minimum atomic E-state index is -0.994. The van der Waals surface area contributed by atoms with Gasteiger partial charge in [-0.25, -0.2) is 9.78 Å². The number of methoxy groups -OCH3 is 1. The number of benzene rings is 1. The van der Waals surface area contributed by atoms with Crippen molar-refractivity contribution in [3.05, 3.63) is 46.7 Å². The van der Waals surface area contributed by atoms with Crippen molar-refractivity contribution in [2.24, 2.45) is 5.92 Å². The second kappa shape index (κ2) is 11.0. The molecule has 2 rings (SSSR count). The standard InChI is InChI=1S/C23H29ClN2O6/c1-12(2)21(15(5)31-17-8-7-13(3)11-16(17)24)32-23(29)14(4)26-22(28)19-20(27)18(30-6)9-10-25-19/h7-12,14-15,21,27H,1-6H3,(H,26,28)/t14-,15-,21+/m0/s1. The number of carbonyl (C=O) groups is 2. The number of ether oxygens (including phenoxy) is 3. The summed E-state index contributed by atoms with van der Waals surface area (Å²) < 4.78 is 16.6. The Balaban J connectivity index is 2.06. The van der Waals surface area contributed by atoms with Crippen LogP contribution in [0.5, 0.6) is 17.2 Å². The van der Waals surface area contributed by atoms with Gasteiger partial charge in [0.05, 0.1) is 12.1 Å². The van der Waals surface area contributed by atoms with E-state index >= 15 is 0 Å². The third kappa shape index (κ3) is 6.26. The first-order chi connectivity index (χ1) is 15.0. The van der Waals surface area contributed by atoms with Crippen LogP contribution in [0.1, 0.15) is 43.7 Å². The number of pyridine rings is 1. The Labute approximate surface area is 192 Å². The molecule has 0 aliphatic heterocycles. The van der Waals surface area contributed by atoms with E-state index in [1.807, 2.05) is 26.8 Å². The van der Waals surface area contributed by atoms with E-state index < -0.39 is 35.9 Å². The van der Waals surface area contributed by atoms with Crippen LogP contribution in [0.15, 0.2) is 30.5 Å². The smallest absolute Gasteiger partial charge is 0.328 e. The number of carbonyl (C=O) groups excluding carboxylic acids is 2. The molecule has 0 saturated carbocycles. The SMILES string of the molecule is COc1ccnc(C(=O)N[C@@H](C)C(=O)O[C@H](C(C)C)[C@H](C)Oc2ccc(C)cc2Cl)c1O. The van der Waals surface area contributed by atoms with Gasteiger partial charge in [-0.3, -0.25) is 4.79 Å². The van der Waals surface area contributed by atoms with Crippen molar-refractivity contribution in [1.82, 2.24) is 10.3 Å². The molecule has 0 aliphatic carbocycles. The number of rotatable bonds is 9. The van der Waals surface area contributed by atoms with Gasteiger partial charge in [-0.15, -0.1) is 0 Å². The molecule has 0 fully saturated rings. The van der Waals surface area contributed by atoms with Crippen LogP contribution >= 0.6 is 11.6 Å². The minimum absolute atomic E-state index is 0.0647. The zero-order valence-corrected chi connectivity index (χ0v) is 19.8. The first-order valence-corrected chi connectivity index (χ1v) is 10.6. The van der Waals surface area contributed by atoms with Crippen LogP contribution in [0.2, 0.25) is 5.02 Å². The Kier molecular flexibility index (Phi) is 8.72. The van der Waals surface area contributed by atoms with Crippen LogP contribution in [-0.2, 0) is 9.53 Å². The van der Waals surface area contributed by atoms with Gasteiger partial charge in [0, 0.05) is 12.3 Å². The predicted octanol–water partition coefficient (Wildman–Crippen LogP) is 3.91. The fraction of sp³-hybridized carbons (Fsp3) is 0.435. The third-order valence-electron chi connectivity index (χ3n) is 4.80. The molecule has 0 radical (unpaired) electrons. The number of nitrogens with one attached hydrogen (secondary N) is 1. The Morgan fingerprint density at radius 2 is 1.81 bits per heavy atom. The number of aromatic hydroxyl groups is 1. The molecule has 2 aromatic rings.